The number of hydrogen-bond donors (Lipinski definition) is 1. The monoisotopic (exact) mass is 280 g/mol. The first-order valence-corrected chi connectivity index (χ1v) is 6.38. The highest BCUT2D eigenvalue weighted by atomic mass is 16.6. The Hall–Kier alpha value is -2.15. The van der Waals surface area contributed by atoms with Gasteiger partial charge < -0.3 is 14.7 Å². The Morgan fingerprint density at radius 1 is 1.55 bits per heavy atom. The van der Waals surface area contributed by atoms with Crippen molar-refractivity contribution in [1.82, 2.24) is 0 Å². The van der Waals surface area contributed by atoms with Crippen molar-refractivity contribution in [3.05, 3.63) is 33.9 Å². The predicted molar refractivity (Wildman–Crippen MR) is 72.3 cm³/mol. The minimum atomic E-state index is -1.17. The van der Waals surface area contributed by atoms with E-state index in [4.69, 9.17) is 4.74 Å². The van der Waals surface area contributed by atoms with Crippen LogP contribution in [0.2, 0.25) is 0 Å². The Morgan fingerprint density at radius 3 is 2.95 bits per heavy atom. The Bertz CT molecular complexity index is 499. The maximum atomic E-state index is 11.3. The van der Waals surface area contributed by atoms with Crippen molar-refractivity contribution in [2.24, 2.45) is 0 Å². The topological polar surface area (TPSA) is 92.9 Å². The van der Waals surface area contributed by atoms with Crippen LogP contribution in [0.25, 0.3) is 0 Å². The Morgan fingerprint density at radius 2 is 2.30 bits per heavy atom. The lowest BCUT2D eigenvalue weighted by Crippen LogP contribution is -2.32. The summed E-state index contributed by atoms with van der Waals surface area (Å²) in [5, 5.41) is 20.4. The van der Waals surface area contributed by atoms with Gasteiger partial charge in [0.05, 0.1) is 16.6 Å². The third kappa shape index (κ3) is 2.88. The van der Waals surface area contributed by atoms with Gasteiger partial charge in [0.1, 0.15) is 5.69 Å². The molecule has 1 aliphatic rings. The second-order valence-corrected chi connectivity index (χ2v) is 4.72. The standard InChI is InChI=1S/C13H16N2O5/c1-9-8-14(6-3-7-20-9)12-10(13(16)17)4-2-5-11(12)15(18)19/h2,4-5,9H,3,6-8H2,1H3,(H,16,17). The number of anilines is 1. The normalized spacial score (nSPS) is 19.4. The van der Waals surface area contributed by atoms with E-state index in [0.717, 1.165) is 0 Å². The van der Waals surface area contributed by atoms with Crippen molar-refractivity contribution in [2.75, 3.05) is 24.6 Å². The van der Waals surface area contributed by atoms with E-state index in [0.29, 0.717) is 26.1 Å². The molecule has 7 nitrogen and oxygen atoms in total. The highest BCUT2D eigenvalue weighted by molar-refractivity contribution is 5.97. The molecule has 1 aliphatic heterocycles. The van der Waals surface area contributed by atoms with Crippen LogP contribution in [-0.2, 0) is 4.74 Å². The van der Waals surface area contributed by atoms with E-state index in [1.807, 2.05) is 6.92 Å². The maximum Gasteiger partial charge on any atom is 0.338 e. The first-order valence-electron chi connectivity index (χ1n) is 6.38. The molecule has 0 radical (unpaired) electrons. The molecule has 1 unspecified atom stereocenters. The molecule has 1 fully saturated rings. The number of nitro groups is 1. The summed E-state index contributed by atoms with van der Waals surface area (Å²) in [6, 6.07) is 4.11. The van der Waals surface area contributed by atoms with Gasteiger partial charge in [-0.05, 0) is 19.4 Å². The van der Waals surface area contributed by atoms with Crippen molar-refractivity contribution >= 4 is 17.3 Å². The van der Waals surface area contributed by atoms with Crippen LogP contribution in [-0.4, -0.2) is 41.8 Å². The van der Waals surface area contributed by atoms with E-state index < -0.39 is 10.9 Å². The number of rotatable bonds is 3. The van der Waals surface area contributed by atoms with Gasteiger partial charge in [-0.25, -0.2) is 4.79 Å². The van der Waals surface area contributed by atoms with Gasteiger partial charge in [0, 0.05) is 25.8 Å². The van der Waals surface area contributed by atoms with E-state index in [2.05, 4.69) is 0 Å². The van der Waals surface area contributed by atoms with E-state index in [1.54, 1.807) is 4.90 Å². The number of aromatic carboxylic acids is 1. The molecule has 20 heavy (non-hydrogen) atoms. The van der Waals surface area contributed by atoms with Crippen LogP contribution in [0.1, 0.15) is 23.7 Å². The summed E-state index contributed by atoms with van der Waals surface area (Å²) in [5.41, 5.74) is -0.0605. The summed E-state index contributed by atoms with van der Waals surface area (Å²) in [4.78, 5) is 23.7. The fourth-order valence-electron chi connectivity index (χ4n) is 2.38. The first kappa shape index (κ1) is 14.3. The summed E-state index contributed by atoms with van der Waals surface area (Å²) < 4.78 is 5.50. The predicted octanol–water partition coefficient (Wildman–Crippen LogP) is 1.91. The van der Waals surface area contributed by atoms with Gasteiger partial charge >= 0.3 is 5.97 Å². The van der Waals surface area contributed by atoms with E-state index in [1.165, 1.54) is 18.2 Å². The molecule has 1 aromatic carbocycles. The fraction of sp³-hybridized carbons (Fsp3) is 0.462. The fourth-order valence-corrected chi connectivity index (χ4v) is 2.38. The second kappa shape index (κ2) is 5.87. The summed E-state index contributed by atoms with van der Waals surface area (Å²) in [6.45, 7) is 3.41. The van der Waals surface area contributed by atoms with Crippen molar-refractivity contribution in [2.45, 2.75) is 19.4 Å². The average Bonchev–Trinajstić information content (AvgIpc) is 2.62. The SMILES string of the molecule is CC1CN(c2c(C(=O)O)cccc2[N+](=O)[O-])CCCO1. The van der Waals surface area contributed by atoms with E-state index >= 15 is 0 Å². The minimum Gasteiger partial charge on any atom is -0.478 e. The van der Waals surface area contributed by atoms with Crippen molar-refractivity contribution < 1.29 is 19.6 Å². The zero-order valence-corrected chi connectivity index (χ0v) is 11.1. The molecule has 0 aliphatic carbocycles. The molecule has 0 aromatic heterocycles. The van der Waals surface area contributed by atoms with Gasteiger partial charge in [-0.15, -0.1) is 0 Å². The molecule has 0 bridgehead atoms. The van der Waals surface area contributed by atoms with Gasteiger partial charge in [-0.2, -0.15) is 0 Å². The number of para-hydroxylation sites is 1. The van der Waals surface area contributed by atoms with Gasteiger partial charge in [-0.1, -0.05) is 6.07 Å². The number of ether oxygens (including phenoxy) is 1. The molecular weight excluding hydrogens is 264 g/mol. The average molecular weight is 280 g/mol. The smallest absolute Gasteiger partial charge is 0.338 e. The quantitative estimate of drug-likeness (QED) is 0.671. The Kier molecular flexibility index (Phi) is 4.19. The minimum absolute atomic E-state index is 0.0479. The molecule has 1 atom stereocenters. The summed E-state index contributed by atoms with van der Waals surface area (Å²) >= 11 is 0. The lowest BCUT2D eigenvalue weighted by molar-refractivity contribution is -0.384. The van der Waals surface area contributed by atoms with Crippen LogP contribution in [0.15, 0.2) is 18.2 Å². The molecule has 1 aromatic rings. The van der Waals surface area contributed by atoms with E-state index in [-0.39, 0.29) is 23.0 Å². The Balaban J connectivity index is 2.51. The van der Waals surface area contributed by atoms with Crippen molar-refractivity contribution in [1.29, 1.82) is 0 Å². The van der Waals surface area contributed by atoms with E-state index in [9.17, 15) is 20.0 Å². The van der Waals surface area contributed by atoms with Crippen LogP contribution >= 0.6 is 0 Å². The maximum absolute atomic E-state index is 11.3. The molecule has 108 valence electrons. The zero-order valence-electron chi connectivity index (χ0n) is 11.1. The number of carboxylic acids is 1. The van der Waals surface area contributed by atoms with Gasteiger partial charge in [0.15, 0.2) is 0 Å². The third-order valence-corrected chi connectivity index (χ3v) is 3.21. The summed E-state index contributed by atoms with van der Waals surface area (Å²) in [7, 11) is 0. The van der Waals surface area contributed by atoms with Gasteiger partial charge in [0.2, 0.25) is 0 Å². The molecule has 2 rings (SSSR count). The van der Waals surface area contributed by atoms with Crippen LogP contribution in [0.5, 0.6) is 0 Å². The molecule has 7 heteroatoms. The molecule has 1 heterocycles. The number of hydrogen-bond acceptors (Lipinski definition) is 5. The van der Waals surface area contributed by atoms with Crippen molar-refractivity contribution in [3.63, 3.8) is 0 Å². The summed E-state index contributed by atoms with van der Waals surface area (Å²) in [6.07, 6.45) is 0.606. The Labute approximate surface area is 115 Å². The largest absolute Gasteiger partial charge is 0.478 e. The molecule has 1 N–H and O–H groups in total. The lowest BCUT2D eigenvalue weighted by Gasteiger charge is -2.25. The highest BCUT2D eigenvalue weighted by Crippen LogP contribution is 2.33. The number of carbonyl (C=O) groups is 1. The molecule has 0 amide bonds. The molecular formula is C13H16N2O5. The van der Waals surface area contributed by atoms with Crippen LogP contribution in [0.3, 0.4) is 0 Å². The van der Waals surface area contributed by atoms with Crippen molar-refractivity contribution in [3.8, 4) is 0 Å². The molecule has 0 spiro atoms. The van der Waals surface area contributed by atoms with Crippen LogP contribution < -0.4 is 4.90 Å². The molecule has 0 saturated carbocycles. The summed E-state index contributed by atoms with van der Waals surface area (Å²) in [5.74, 6) is -1.17. The lowest BCUT2D eigenvalue weighted by atomic mass is 10.1. The molecule has 1 saturated heterocycles. The number of nitro benzene ring substituents is 1. The van der Waals surface area contributed by atoms with Crippen LogP contribution in [0, 0.1) is 10.1 Å². The number of carboxylic acid groups (broad SMARTS) is 1. The number of benzene rings is 1. The van der Waals surface area contributed by atoms with Crippen LogP contribution in [0.4, 0.5) is 11.4 Å². The highest BCUT2D eigenvalue weighted by Gasteiger charge is 2.28. The second-order valence-electron chi connectivity index (χ2n) is 4.72. The third-order valence-electron chi connectivity index (χ3n) is 3.21. The van der Waals surface area contributed by atoms with Gasteiger partial charge in [-0.3, -0.25) is 10.1 Å². The first-order chi connectivity index (χ1) is 9.50. The number of nitrogens with zero attached hydrogens (tertiary/aromatic N) is 2. The van der Waals surface area contributed by atoms with Gasteiger partial charge in [0.25, 0.3) is 5.69 Å². The zero-order chi connectivity index (χ0) is 14.7.